The minimum atomic E-state index is -0.584. The summed E-state index contributed by atoms with van der Waals surface area (Å²) in [5.41, 5.74) is 1.69. The molecule has 9 heteroatoms. The van der Waals surface area contributed by atoms with Gasteiger partial charge in [0.05, 0.1) is 11.9 Å². The van der Waals surface area contributed by atoms with Crippen LogP contribution in [0.3, 0.4) is 0 Å². The second-order valence-electron chi connectivity index (χ2n) is 7.76. The minimum absolute atomic E-state index is 0.0196. The van der Waals surface area contributed by atoms with Crippen LogP contribution in [0, 0.1) is 0 Å². The van der Waals surface area contributed by atoms with E-state index in [4.69, 9.17) is 9.15 Å². The van der Waals surface area contributed by atoms with Crippen LogP contribution in [0.4, 0.5) is 5.69 Å². The van der Waals surface area contributed by atoms with Crippen LogP contribution in [0.25, 0.3) is 16.8 Å². The Morgan fingerprint density at radius 3 is 2.70 bits per heavy atom. The predicted octanol–water partition coefficient (Wildman–Crippen LogP) is 3.81. The van der Waals surface area contributed by atoms with E-state index < -0.39 is 11.6 Å². The number of carbonyl (C=O) groups is 2. The molecule has 33 heavy (non-hydrogen) atoms. The lowest BCUT2D eigenvalue weighted by molar-refractivity contribution is -0.114. The summed E-state index contributed by atoms with van der Waals surface area (Å²) in [6, 6.07) is 11.7. The van der Waals surface area contributed by atoms with Crippen LogP contribution < -0.4 is 10.9 Å². The molecule has 168 valence electrons. The summed E-state index contributed by atoms with van der Waals surface area (Å²) in [6.45, 7) is 5.16. The molecule has 0 unspecified atom stereocenters. The number of benzene rings is 1. The average Bonchev–Trinajstić information content (AvgIpc) is 3.23. The molecule has 0 spiro atoms. The van der Waals surface area contributed by atoms with Gasteiger partial charge in [0.1, 0.15) is 17.8 Å². The van der Waals surface area contributed by atoms with Crippen molar-refractivity contribution in [3.63, 3.8) is 0 Å². The number of carbonyl (C=O) groups excluding carboxylic acids is 2. The summed E-state index contributed by atoms with van der Waals surface area (Å²) in [4.78, 5) is 40.6. The molecule has 0 aliphatic carbocycles. The van der Waals surface area contributed by atoms with Gasteiger partial charge in [-0.15, -0.1) is 0 Å². The van der Waals surface area contributed by atoms with E-state index in [0.717, 1.165) is 0 Å². The molecule has 3 heterocycles. The van der Waals surface area contributed by atoms with E-state index in [0.29, 0.717) is 33.7 Å². The van der Waals surface area contributed by atoms with Gasteiger partial charge in [-0.25, -0.2) is 19.3 Å². The summed E-state index contributed by atoms with van der Waals surface area (Å²) in [6.07, 6.45) is 3.12. The fourth-order valence-electron chi connectivity index (χ4n) is 3.58. The molecule has 1 aromatic carbocycles. The fourth-order valence-corrected chi connectivity index (χ4v) is 3.58. The average molecular weight is 446 g/mol. The third-order valence-corrected chi connectivity index (χ3v) is 4.95. The van der Waals surface area contributed by atoms with Crippen molar-refractivity contribution in [1.82, 2.24) is 14.8 Å². The topological polar surface area (TPSA) is 116 Å². The predicted molar refractivity (Wildman–Crippen MR) is 121 cm³/mol. The first-order chi connectivity index (χ1) is 15.8. The van der Waals surface area contributed by atoms with Crippen molar-refractivity contribution in [3.8, 4) is 5.82 Å². The molecule has 1 N–H and O–H groups in total. The van der Waals surface area contributed by atoms with E-state index in [-0.39, 0.29) is 24.0 Å². The number of nitrogens with zero attached hydrogens (tertiary/aromatic N) is 3. The Labute approximate surface area is 189 Å². The monoisotopic (exact) mass is 446 g/mol. The number of aromatic nitrogens is 3. The highest BCUT2D eigenvalue weighted by Gasteiger charge is 2.23. The van der Waals surface area contributed by atoms with E-state index in [1.165, 1.54) is 19.2 Å². The number of esters is 1. The minimum Gasteiger partial charge on any atom is -0.457 e. The highest BCUT2D eigenvalue weighted by Crippen LogP contribution is 2.25. The lowest BCUT2D eigenvalue weighted by Crippen LogP contribution is -2.12. The molecule has 0 aliphatic rings. The Morgan fingerprint density at radius 2 is 2.00 bits per heavy atom. The first-order valence-electron chi connectivity index (χ1n) is 10.3. The van der Waals surface area contributed by atoms with Gasteiger partial charge in [0, 0.05) is 41.9 Å². The number of ether oxygens (including phenoxy) is 1. The highest BCUT2D eigenvalue weighted by molar-refractivity contribution is 5.93. The molecular formula is C24H22N4O5. The maximum Gasteiger partial charge on any atom is 0.341 e. The smallest absolute Gasteiger partial charge is 0.341 e. The third kappa shape index (κ3) is 4.67. The van der Waals surface area contributed by atoms with Gasteiger partial charge in [-0.3, -0.25) is 4.79 Å². The molecule has 1 amide bonds. The Morgan fingerprint density at radius 1 is 1.18 bits per heavy atom. The molecule has 4 rings (SSSR count). The number of anilines is 1. The molecule has 0 aliphatic heterocycles. The maximum atomic E-state index is 12.9. The van der Waals surface area contributed by atoms with E-state index in [1.54, 1.807) is 41.2 Å². The van der Waals surface area contributed by atoms with Gasteiger partial charge in [-0.2, -0.15) is 5.10 Å². The van der Waals surface area contributed by atoms with Gasteiger partial charge in [0.25, 0.3) is 0 Å². The zero-order valence-corrected chi connectivity index (χ0v) is 18.4. The number of pyridine rings is 1. The lowest BCUT2D eigenvalue weighted by Gasteiger charge is -2.12. The van der Waals surface area contributed by atoms with Crippen molar-refractivity contribution in [3.05, 3.63) is 82.1 Å². The second-order valence-corrected chi connectivity index (χ2v) is 7.76. The largest absolute Gasteiger partial charge is 0.457 e. The quantitative estimate of drug-likeness (QED) is 0.354. The van der Waals surface area contributed by atoms with Crippen molar-refractivity contribution >= 4 is 28.5 Å². The van der Waals surface area contributed by atoms with Gasteiger partial charge in [-0.05, 0) is 30.2 Å². The summed E-state index contributed by atoms with van der Waals surface area (Å²) < 4.78 is 12.4. The zero-order valence-electron chi connectivity index (χ0n) is 18.4. The Hall–Kier alpha value is -4.27. The van der Waals surface area contributed by atoms with E-state index >= 15 is 0 Å². The van der Waals surface area contributed by atoms with E-state index in [1.807, 2.05) is 19.9 Å². The van der Waals surface area contributed by atoms with Crippen molar-refractivity contribution < 1.29 is 18.7 Å². The van der Waals surface area contributed by atoms with Gasteiger partial charge < -0.3 is 14.5 Å². The Bertz CT molecular complexity index is 1390. The summed E-state index contributed by atoms with van der Waals surface area (Å²) in [7, 11) is 0. The first-order valence-corrected chi connectivity index (χ1v) is 10.3. The van der Waals surface area contributed by atoms with E-state index in [9.17, 15) is 14.4 Å². The van der Waals surface area contributed by atoms with Crippen LogP contribution in [0.5, 0.6) is 0 Å². The molecule has 0 radical (unpaired) electrons. The number of hydrogen-bond donors (Lipinski definition) is 1. The van der Waals surface area contributed by atoms with Crippen molar-refractivity contribution in [2.24, 2.45) is 0 Å². The van der Waals surface area contributed by atoms with Crippen molar-refractivity contribution in [1.29, 1.82) is 0 Å². The fraction of sp³-hybridized carbons (Fsp3) is 0.208. The summed E-state index contributed by atoms with van der Waals surface area (Å²) >= 11 is 0. The molecule has 0 saturated heterocycles. The summed E-state index contributed by atoms with van der Waals surface area (Å²) in [5.74, 6) is -0.220. The molecule has 0 atom stereocenters. The highest BCUT2D eigenvalue weighted by atomic mass is 16.5. The van der Waals surface area contributed by atoms with Crippen LogP contribution in [0.15, 0.2) is 64.1 Å². The molecule has 0 saturated carbocycles. The van der Waals surface area contributed by atoms with Crippen molar-refractivity contribution in [2.75, 3.05) is 5.32 Å². The van der Waals surface area contributed by atoms with E-state index in [2.05, 4.69) is 15.4 Å². The third-order valence-electron chi connectivity index (χ3n) is 4.95. The molecule has 4 aromatic rings. The molecule has 0 bridgehead atoms. The molecule has 3 aromatic heterocycles. The van der Waals surface area contributed by atoms with Crippen molar-refractivity contribution in [2.45, 2.75) is 33.3 Å². The van der Waals surface area contributed by atoms with Gasteiger partial charge in [0.2, 0.25) is 5.91 Å². The summed E-state index contributed by atoms with van der Waals surface area (Å²) in [5, 5.41) is 7.58. The van der Waals surface area contributed by atoms with Gasteiger partial charge in [0.15, 0.2) is 5.82 Å². The second kappa shape index (κ2) is 9.07. The van der Waals surface area contributed by atoms with Crippen LogP contribution in [0.2, 0.25) is 0 Å². The molecular weight excluding hydrogens is 424 g/mol. The van der Waals surface area contributed by atoms with Crippen LogP contribution in [-0.2, 0) is 16.1 Å². The molecule has 9 nitrogen and oxygen atoms in total. The number of amides is 1. The van der Waals surface area contributed by atoms with Gasteiger partial charge in [-0.1, -0.05) is 19.9 Å². The lowest BCUT2D eigenvalue weighted by atomic mass is 10.1. The normalized spacial score (nSPS) is 11.0. The number of hydrogen-bond acceptors (Lipinski definition) is 7. The molecule has 0 fully saturated rings. The first kappa shape index (κ1) is 21.9. The van der Waals surface area contributed by atoms with Crippen LogP contribution in [-0.4, -0.2) is 26.6 Å². The number of fused-ring (bicyclic) bond motifs is 1. The standard InChI is InChI=1S/C24H22N4O5/c1-14(2)23-19(12-26-28(23)21-6-4-5-9-25-21)24(31)32-13-16-10-22(30)33-20-11-17(27-15(3)29)7-8-18(16)20/h4-12,14H,13H2,1-3H3,(H,27,29). The Balaban J connectivity index is 1.61. The number of nitrogens with one attached hydrogen (secondary N) is 1. The van der Waals surface area contributed by atoms with Crippen LogP contribution in [0.1, 0.15) is 48.3 Å². The van der Waals surface area contributed by atoms with Crippen LogP contribution >= 0.6 is 0 Å². The number of rotatable bonds is 6. The van der Waals surface area contributed by atoms with Gasteiger partial charge >= 0.3 is 11.6 Å². The zero-order chi connectivity index (χ0) is 23.5. The SMILES string of the molecule is CC(=O)Nc1ccc2c(COC(=O)c3cnn(-c4ccccn4)c3C(C)C)cc(=O)oc2c1. The maximum absolute atomic E-state index is 12.9. The Kier molecular flexibility index (Phi) is 6.03.